The van der Waals surface area contributed by atoms with Crippen molar-refractivity contribution >= 4 is 0 Å². The van der Waals surface area contributed by atoms with E-state index in [-0.39, 0.29) is 11.4 Å². The first-order chi connectivity index (χ1) is 6.67. The molecule has 3 rings (SSSR count). The van der Waals surface area contributed by atoms with Crippen molar-refractivity contribution in [1.29, 1.82) is 0 Å². The quantitative estimate of drug-likeness (QED) is 0.664. The Balaban J connectivity index is 1.96. The van der Waals surface area contributed by atoms with Gasteiger partial charge in [-0.05, 0) is 37.3 Å². The third-order valence-corrected chi connectivity index (χ3v) is 3.35. The Labute approximate surface area is 82.9 Å². The minimum absolute atomic E-state index is 0.0594. The number of hydrogen-bond donors (Lipinski definition) is 0. The van der Waals surface area contributed by atoms with Crippen LogP contribution in [-0.4, -0.2) is 5.60 Å². The SMILES string of the molecule is CC1(C2CC2)Cc2ccc(F)cc2O1. The lowest BCUT2D eigenvalue weighted by atomic mass is 9.94. The minimum atomic E-state index is -0.205. The van der Waals surface area contributed by atoms with Gasteiger partial charge in [-0.2, -0.15) is 0 Å². The fourth-order valence-corrected chi connectivity index (χ4v) is 2.36. The Hall–Kier alpha value is -1.05. The van der Waals surface area contributed by atoms with Crippen molar-refractivity contribution in [2.75, 3.05) is 0 Å². The summed E-state index contributed by atoms with van der Waals surface area (Å²) in [4.78, 5) is 0. The normalized spacial score (nSPS) is 29.9. The van der Waals surface area contributed by atoms with Crippen molar-refractivity contribution in [3.63, 3.8) is 0 Å². The van der Waals surface area contributed by atoms with Crippen molar-refractivity contribution < 1.29 is 9.13 Å². The van der Waals surface area contributed by atoms with E-state index >= 15 is 0 Å². The van der Waals surface area contributed by atoms with Gasteiger partial charge < -0.3 is 4.74 Å². The van der Waals surface area contributed by atoms with E-state index in [2.05, 4.69) is 6.92 Å². The molecule has 1 aliphatic carbocycles. The van der Waals surface area contributed by atoms with E-state index in [1.807, 2.05) is 6.07 Å². The summed E-state index contributed by atoms with van der Waals surface area (Å²) >= 11 is 0. The molecule has 74 valence electrons. The molecule has 1 aromatic carbocycles. The summed E-state index contributed by atoms with van der Waals surface area (Å²) in [5.41, 5.74) is 1.09. The maximum Gasteiger partial charge on any atom is 0.126 e. The number of fused-ring (bicyclic) bond motifs is 1. The number of hydrogen-bond acceptors (Lipinski definition) is 1. The van der Waals surface area contributed by atoms with Gasteiger partial charge in [0.25, 0.3) is 0 Å². The number of rotatable bonds is 1. The Bertz CT molecular complexity index is 384. The van der Waals surface area contributed by atoms with E-state index in [1.165, 1.54) is 25.0 Å². The zero-order valence-electron chi connectivity index (χ0n) is 8.22. The molecule has 1 unspecified atom stereocenters. The summed E-state index contributed by atoms with van der Waals surface area (Å²) in [5.74, 6) is 1.22. The van der Waals surface area contributed by atoms with Gasteiger partial charge in [0, 0.05) is 12.5 Å². The van der Waals surface area contributed by atoms with Crippen LogP contribution in [0, 0.1) is 11.7 Å². The average Bonchev–Trinajstić information content (AvgIpc) is 2.90. The second kappa shape index (κ2) is 2.50. The van der Waals surface area contributed by atoms with Gasteiger partial charge in [0.05, 0.1) is 0 Å². The van der Waals surface area contributed by atoms with Crippen LogP contribution < -0.4 is 4.74 Å². The molecule has 0 radical (unpaired) electrons. The molecule has 2 heteroatoms. The highest BCUT2D eigenvalue weighted by Gasteiger charge is 2.47. The number of ether oxygens (including phenoxy) is 1. The maximum absolute atomic E-state index is 13.0. The number of benzene rings is 1. The van der Waals surface area contributed by atoms with Crippen LogP contribution >= 0.6 is 0 Å². The predicted octanol–water partition coefficient (Wildman–Crippen LogP) is 2.93. The fourth-order valence-electron chi connectivity index (χ4n) is 2.36. The van der Waals surface area contributed by atoms with Gasteiger partial charge in [-0.15, -0.1) is 0 Å². The smallest absolute Gasteiger partial charge is 0.126 e. The molecule has 1 saturated carbocycles. The third kappa shape index (κ3) is 1.13. The lowest BCUT2D eigenvalue weighted by Gasteiger charge is -2.23. The molecule has 0 aromatic heterocycles. The first kappa shape index (κ1) is 8.27. The molecule has 0 amide bonds. The molecule has 1 nitrogen and oxygen atoms in total. The second-order valence-electron chi connectivity index (χ2n) is 4.62. The van der Waals surface area contributed by atoms with Gasteiger partial charge in [-0.1, -0.05) is 6.07 Å². The summed E-state index contributed by atoms with van der Waals surface area (Å²) in [6.45, 7) is 2.14. The Kier molecular flexibility index (Phi) is 1.48. The predicted molar refractivity (Wildman–Crippen MR) is 51.9 cm³/mol. The van der Waals surface area contributed by atoms with Crippen LogP contribution in [-0.2, 0) is 6.42 Å². The van der Waals surface area contributed by atoms with Gasteiger partial charge in [0.1, 0.15) is 17.2 Å². The van der Waals surface area contributed by atoms with Crippen molar-refractivity contribution in [2.24, 2.45) is 5.92 Å². The third-order valence-electron chi connectivity index (χ3n) is 3.35. The summed E-state index contributed by atoms with van der Waals surface area (Å²) in [6.07, 6.45) is 3.45. The number of halogens is 1. The first-order valence-electron chi connectivity index (χ1n) is 5.15. The highest BCUT2D eigenvalue weighted by atomic mass is 19.1. The molecule has 0 bridgehead atoms. The molecular weight excluding hydrogens is 179 g/mol. The topological polar surface area (TPSA) is 9.23 Å². The molecule has 1 heterocycles. The van der Waals surface area contributed by atoms with Crippen LogP contribution in [0.1, 0.15) is 25.3 Å². The van der Waals surface area contributed by atoms with Crippen LogP contribution in [0.3, 0.4) is 0 Å². The van der Waals surface area contributed by atoms with Crippen molar-refractivity contribution in [3.8, 4) is 5.75 Å². The Morgan fingerprint density at radius 1 is 1.43 bits per heavy atom. The lowest BCUT2D eigenvalue weighted by molar-refractivity contribution is 0.0906. The van der Waals surface area contributed by atoms with Crippen LogP contribution in [0.25, 0.3) is 0 Å². The van der Waals surface area contributed by atoms with Gasteiger partial charge in [0.15, 0.2) is 0 Å². The molecule has 1 fully saturated rings. The Morgan fingerprint density at radius 2 is 2.21 bits per heavy atom. The molecule has 1 aromatic rings. The van der Waals surface area contributed by atoms with Crippen LogP contribution in [0.4, 0.5) is 4.39 Å². The van der Waals surface area contributed by atoms with E-state index < -0.39 is 0 Å². The summed E-state index contributed by atoms with van der Waals surface area (Å²) < 4.78 is 18.8. The highest BCUT2D eigenvalue weighted by Crippen LogP contribution is 2.48. The summed E-state index contributed by atoms with van der Waals surface area (Å²) in [7, 11) is 0. The molecule has 0 N–H and O–H groups in total. The van der Waals surface area contributed by atoms with Crippen LogP contribution in [0.2, 0.25) is 0 Å². The molecule has 1 aliphatic heterocycles. The molecule has 1 atom stereocenters. The minimum Gasteiger partial charge on any atom is -0.487 e. The zero-order chi connectivity index (χ0) is 9.76. The standard InChI is InChI=1S/C12H13FO/c1-12(9-3-4-9)7-8-2-5-10(13)6-11(8)14-12/h2,5-6,9H,3-4,7H2,1H3. The second-order valence-corrected chi connectivity index (χ2v) is 4.62. The van der Waals surface area contributed by atoms with E-state index in [0.29, 0.717) is 5.92 Å². The largest absolute Gasteiger partial charge is 0.487 e. The lowest BCUT2D eigenvalue weighted by Crippen LogP contribution is -2.32. The van der Waals surface area contributed by atoms with Gasteiger partial charge in [0.2, 0.25) is 0 Å². The van der Waals surface area contributed by atoms with E-state index in [4.69, 9.17) is 4.74 Å². The van der Waals surface area contributed by atoms with E-state index in [9.17, 15) is 4.39 Å². The molecule has 0 spiro atoms. The van der Waals surface area contributed by atoms with Gasteiger partial charge in [-0.3, -0.25) is 0 Å². The maximum atomic E-state index is 13.0. The summed E-state index contributed by atoms with van der Waals surface area (Å²) in [6, 6.07) is 4.86. The molecule has 0 saturated heterocycles. The van der Waals surface area contributed by atoms with Crippen LogP contribution in [0.5, 0.6) is 5.75 Å². The fraction of sp³-hybridized carbons (Fsp3) is 0.500. The van der Waals surface area contributed by atoms with Crippen molar-refractivity contribution in [1.82, 2.24) is 0 Å². The molecule has 2 aliphatic rings. The average molecular weight is 192 g/mol. The van der Waals surface area contributed by atoms with E-state index in [1.54, 1.807) is 0 Å². The van der Waals surface area contributed by atoms with Crippen LogP contribution in [0.15, 0.2) is 18.2 Å². The Morgan fingerprint density at radius 3 is 2.93 bits per heavy atom. The zero-order valence-corrected chi connectivity index (χ0v) is 8.22. The van der Waals surface area contributed by atoms with E-state index in [0.717, 1.165) is 17.7 Å². The highest BCUT2D eigenvalue weighted by molar-refractivity contribution is 5.40. The monoisotopic (exact) mass is 192 g/mol. The summed E-state index contributed by atoms with van der Waals surface area (Å²) in [5, 5.41) is 0. The van der Waals surface area contributed by atoms with Crippen molar-refractivity contribution in [3.05, 3.63) is 29.6 Å². The van der Waals surface area contributed by atoms with Crippen molar-refractivity contribution in [2.45, 2.75) is 31.8 Å². The first-order valence-corrected chi connectivity index (χ1v) is 5.15. The molecular formula is C12H13FO. The van der Waals surface area contributed by atoms with Gasteiger partial charge in [-0.25, -0.2) is 4.39 Å². The van der Waals surface area contributed by atoms with Gasteiger partial charge >= 0.3 is 0 Å². The molecule has 14 heavy (non-hydrogen) atoms.